The molecule has 94 valence electrons. The maximum absolute atomic E-state index is 5.95. The first-order valence-electron chi connectivity index (χ1n) is 6.39. The van der Waals surface area contributed by atoms with Crippen LogP contribution < -0.4 is 0 Å². The second-order valence-electron chi connectivity index (χ2n) is 4.90. The predicted octanol–water partition coefficient (Wildman–Crippen LogP) is 3.06. The monoisotopic (exact) mass is 253 g/mol. The molecule has 2 heterocycles. The maximum atomic E-state index is 5.95. The van der Waals surface area contributed by atoms with Gasteiger partial charge in [0.1, 0.15) is 11.0 Å². The van der Waals surface area contributed by atoms with Gasteiger partial charge in [-0.05, 0) is 38.3 Å². The van der Waals surface area contributed by atoms with Gasteiger partial charge in [0, 0.05) is 12.2 Å². The lowest BCUT2D eigenvalue weighted by Crippen LogP contribution is -2.35. The van der Waals surface area contributed by atoms with Crippen LogP contribution in [0.15, 0.2) is 6.07 Å². The molecule has 1 fully saturated rings. The van der Waals surface area contributed by atoms with Gasteiger partial charge in [-0.25, -0.2) is 9.97 Å². The quantitative estimate of drug-likeness (QED) is 0.776. The number of aromatic nitrogens is 2. The van der Waals surface area contributed by atoms with Crippen molar-refractivity contribution in [2.24, 2.45) is 5.92 Å². The fourth-order valence-corrected chi connectivity index (χ4v) is 2.74. The van der Waals surface area contributed by atoms with E-state index in [0.29, 0.717) is 5.15 Å². The molecule has 0 saturated carbocycles. The van der Waals surface area contributed by atoms with Gasteiger partial charge in [0.15, 0.2) is 0 Å². The molecule has 0 spiro atoms. The van der Waals surface area contributed by atoms with Gasteiger partial charge in [-0.1, -0.05) is 24.9 Å². The highest BCUT2D eigenvalue weighted by molar-refractivity contribution is 6.29. The van der Waals surface area contributed by atoms with Crippen LogP contribution in [-0.4, -0.2) is 28.0 Å². The Balaban J connectivity index is 2.00. The molecule has 1 aliphatic heterocycles. The molecular weight excluding hydrogens is 234 g/mol. The van der Waals surface area contributed by atoms with Crippen molar-refractivity contribution in [3.8, 4) is 0 Å². The molecule has 0 amide bonds. The Morgan fingerprint density at radius 1 is 1.47 bits per heavy atom. The van der Waals surface area contributed by atoms with Crippen LogP contribution in [0.5, 0.6) is 0 Å². The standard InChI is InChI=1S/C13H20ClN3/c1-3-11-5-4-6-17(8-11)9-13-15-10(2)7-12(14)16-13/h7,11H,3-6,8-9H2,1-2H3. The molecule has 0 aromatic carbocycles. The summed E-state index contributed by atoms with van der Waals surface area (Å²) in [6, 6.07) is 1.80. The number of piperidine rings is 1. The van der Waals surface area contributed by atoms with Crippen LogP contribution in [0.2, 0.25) is 5.15 Å². The third kappa shape index (κ3) is 3.65. The molecular formula is C13H20ClN3. The van der Waals surface area contributed by atoms with E-state index < -0.39 is 0 Å². The highest BCUT2D eigenvalue weighted by atomic mass is 35.5. The predicted molar refractivity (Wildman–Crippen MR) is 70.1 cm³/mol. The summed E-state index contributed by atoms with van der Waals surface area (Å²) in [4.78, 5) is 11.2. The minimum absolute atomic E-state index is 0.552. The number of aryl methyl sites for hydroxylation is 1. The molecule has 1 saturated heterocycles. The van der Waals surface area contributed by atoms with Crippen LogP contribution in [0.1, 0.15) is 37.7 Å². The fourth-order valence-electron chi connectivity index (χ4n) is 2.49. The molecule has 0 N–H and O–H groups in total. The highest BCUT2D eigenvalue weighted by Crippen LogP contribution is 2.20. The number of likely N-dealkylation sites (tertiary alicyclic amines) is 1. The van der Waals surface area contributed by atoms with Crippen LogP contribution in [0.25, 0.3) is 0 Å². The zero-order valence-corrected chi connectivity index (χ0v) is 11.4. The number of rotatable bonds is 3. The lowest BCUT2D eigenvalue weighted by atomic mass is 9.96. The Hall–Kier alpha value is -0.670. The number of hydrogen-bond donors (Lipinski definition) is 0. The van der Waals surface area contributed by atoms with Gasteiger partial charge >= 0.3 is 0 Å². The van der Waals surface area contributed by atoms with E-state index in [1.54, 1.807) is 6.07 Å². The maximum Gasteiger partial charge on any atom is 0.144 e. The number of halogens is 1. The minimum atomic E-state index is 0.552. The van der Waals surface area contributed by atoms with E-state index in [1.165, 1.54) is 25.8 Å². The minimum Gasteiger partial charge on any atom is -0.296 e. The van der Waals surface area contributed by atoms with Gasteiger partial charge in [0.25, 0.3) is 0 Å². The molecule has 1 aromatic heterocycles. The van der Waals surface area contributed by atoms with Gasteiger partial charge in [-0.15, -0.1) is 0 Å². The molecule has 3 nitrogen and oxygen atoms in total. The second-order valence-corrected chi connectivity index (χ2v) is 5.29. The highest BCUT2D eigenvalue weighted by Gasteiger charge is 2.19. The number of hydrogen-bond acceptors (Lipinski definition) is 3. The largest absolute Gasteiger partial charge is 0.296 e. The van der Waals surface area contributed by atoms with Crippen molar-refractivity contribution in [3.05, 3.63) is 22.7 Å². The third-order valence-corrected chi connectivity index (χ3v) is 3.61. The van der Waals surface area contributed by atoms with Gasteiger partial charge in [-0.2, -0.15) is 0 Å². The van der Waals surface area contributed by atoms with E-state index in [4.69, 9.17) is 11.6 Å². The average Bonchev–Trinajstić information content (AvgIpc) is 2.28. The van der Waals surface area contributed by atoms with Crippen molar-refractivity contribution in [1.29, 1.82) is 0 Å². The lowest BCUT2D eigenvalue weighted by Gasteiger charge is -2.31. The van der Waals surface area contributed by atoms with Crippen molar-refractivity contribution in [3.63, 3.8) is 0 Å². The normalized spacial score (nSPS) is 21.7. The smallest absolute Gasteiger partial charge is 0.144 e. The zero-order chi connectivity index (χ0) is 12.3. The van der Waals surface area contributed by atoms with Crippen LogP contribution >= 0.6 is 11.6 Å². The summed E-state index contributed by atoms with van der Waals surface area (Å²) in [6.07, 6.45) is 3.92. The van der Waals surface area contributed by atoms with Crippen molar-refractivity contribution in [2.45, 2.75) is 39.7 Å². The van der Waals surface area contributed by atoms with Crippen molar-refractivity contribution < 1.29 is 0 Å². The van der Waals surface area contributed by atoms with Crippen LogP contribution in [0, 0.1) is 12.8 Å². The molecule has 4 heteroatoms. The molecule has 1 atom stereocenters. The summed E-state index contributed by atoms with van der Waals surface area (Å²) in [5.74, 6) is 1.69. The molecule has 0 aliphatic carbocycles. The Kier molecular flexibility index (Phi) is 4.35. The van der Waals surface area contributed by atoms with Crippen LogP contribution in [-0.2, 0) is 6.54 Å². The Bertz CT molecular complexity index is 361. The van der Waals surface area contributed by atoms with Crippen molar-refractivity contribution in [1.82, 2.24) is 14.9 Å². The first-order chi connectivity index (χ1) is 8.17. The SMILES string of the molecule is CCC1CCCN(Cc2nc(C)cc(Cl)n2)C1. The third-order valence-electron chi connectivity index (χ3n) is 3.41. The molecule has 1 aliphatic rings. The molecule has 1 unspecified atom stereocenters. The molecule has 17 heavy (non-hydrogen) atoms. The first kappa shape index (κ1) is 12.8. The van der Waals surface area contributed by atoms with E-state index in [2.05, 4.69) is 21.8 Å². The van der Waals surface area contributed by atoms with E-state index >= 15 is 0 Å². The lowest BCUT2D eigenvalue weighted by molar-refractivity contribution is 0.161. The average molecular weight is 254 g/mol. The van der Waals surface area contributed by atoms with Gasteiger partial charge in [0.2, 0.25) is 0 Å². The summed E-state index contributed by atoms with van der Waals surface area (Å²) in [7, 11) is 0. The summed E-state index contributed by atoms with van der Waals surface area (Å²) >= 11 is 5.95. The summed E-state index contributed by atoms with van der Waals surface area (Å²) < 4.78 is 0. The van der Waals surface area contributed by atoms with E-state index in [1.807, 2.05) is 6.92 Å². The van der Waals surface area contributed by atoms with Crippen LogP contribution in [0.3, 0.4) is 0 Å². The second kappa shape index (κ2) is 5.78. The molecule has 0 radical (unpaired) electrons. The molecule has 2 rings (SSSR count). The number of nitrogens with zero attached hydrogens (tertiary/aromatic N) is 3. The van der Waals surface area contributed by atoms with Crippen molar-refractivity contribution >= 4 is 11.6 Å². The zero-order valence-electron chi connectivity index (χ0n) is 10.6. The molecule has 0 bridgehead atoms. The van der Waals surface area contributed by atoms with E-state index in [0.717, 1.165) is 30.5 Å². The topological polar surface area (TPSA) is 29.0 Å². The Labute approximate surface area is 108 Å². The summed E-state index contributed by atoms with van der Waals surface area (Å²) in [5, 5.41) is 0.552. The summed E-state index contributed by atoms with van der Waals surface area (Å²) in [6.45, 7) is 7.39. The van der Waals surface area contributed by atoms with Crippen LogP contribution in [0.4, 0.5) is 0 Å². The summed E-state index contributed by atoms with van der Waals surface area (Å²) in [5.41, 5.74) is 0.948. The molecule has 1 aromatic rings. The van der Waals surface area contributed by atoms with Gasteiger partial charge < -0.3 is 0 Å². The first-order valence-corrected chi connectivity index (χ1v) is 6.77. The van der Waals surface area contributed by atoms with Gasteiger partial charge in [-0.3, -0.25) is 4.90 Å². The van der Waals surface area contributed by atoms with E-state index in [-0.39, 0.29) is 0 Å². The Morgan fingerprint density at radius 2 is 2.29 bits per heavy atom. The fraction of sp³-hybridized carbons (Fsp3) is 0.692. The van der Waals surface area contributed by atoms with Crippen molar-refractivity contribution in [2.75, 3.05) is 13.1 Å². The Morgan fingerprint density at radius 3 is 3.00 bits per heavy atom. The van der Waals surface area contributed by atoms with Gasteiger partial charge in [0.05, 0.1) is 6.54 Å². The van der Waals surface area contributed by atoms with E-state index in [9.17, 15) is 0 Å².